The van der Waals surface area contributed by atoms with Crippen LogP contribution in [-0.4, -0.2) is 92.5 Å². The molecule has 1 aliphatic heterocycles. The third-order valence-corrected chi connectivity index (χ3v) is 6.28. The second-order valence-electron chi connectivity index (χ2n) is 8.46. The Kier molecular flexibility index (Phi) is 7.93. The van der Waals surface area contributed by atoms with Gasteiger partial charge in [0.15, 0.2) is 0 Å². The summed E-state index contributed by atoms with van der Waals surface area (Å²) in [5, 5.41) is 15.7. The number of hydrogen-bond acceptors (Lipinski definition) is 6. The molecule has 2 aromatic rings. The summed E-state index contributed by atoms with van der Waals surface area (Å²) in [5.74, 6) is -0.770. The van der Waals surface area contributed by atoms with Gasteiger partial charge in [0.05, 0.1) is 6.54 Å². The van der Waals surface area contributed by atoms with Gasteiger partial charge in [-0.1, -0.05) is 48.5 Å². The number of benzene rings is 2. The van der Waals surface area contributed by atoms with E-state index >= 15 is 0 Å². The number of aliphatic carboxylic acids is 1. The summed E-state index contributed by atoms with van der Waals surface area (Å²) in [6, 6.07) is 16.6. The van der Waals surface area contributed by atoms with E-state index in [1.54, 1.807) is 4.90 Å². The second-order valence-corrected chi connectivity index (χ2v) is 8.46. The smallest absolute Gasteiger partial charge is 0.409 e. The highest BCUT2D eigenvalue weighted by Gasteiger charge is 2.29. The number of carbonyl (C=O) groups excluding carboxylic acids is 1. The van der Waals surface area contributed by atoms with Crippen molar-refractivity contribution in [1.29, 1.82) is 0 Å². The van der Waals surface area contributed by atoms with Gasteiger partial charge in [-0.05, 0) is 22.3 Å². The van der Waals surface area contributed by atoms with Crippen molar-refractivity contribution in [3.63, 3.8) is 0 Å². The molecule has 8 nitrogen and oxygen atoms in total. The molecular formula is C25H32N4O4. The van der Waals surface area contributed by atoms with Gasteiger partial charge in [-0.25, -0.2) is 4.79 Å². The highest BCUT2D eigenvalue weighted by atomic mass is 16.6. The fraction of sp³-hybridized carbons (Fsp3) is 0.440. The highest BCUT2D eigenvalue weighted by Crippen LogP contribution is 2.44. The summed E-state index contributed by atoms with van der Waals surface area (Å²) >= 11 is 0. The molecule has 0 aromatic heterocycles. The van der Waals surface area contributed by atoms with E-state index in [4.69, 9.17) is 9.84 Å². The number of nitrogens with one attached hydrogen (secondary N) is 2. The van der Waals surface area contributed by atoms with Crippen LogP contribution in [0.15, 0.2) is 48.5 Å². The molecule has 2 aromatic carbocycles. The Balaban J connectivity index is 1.33. The van der Waals surface area contributed by atoms with Gasteiger partial charge in [-0.15, -0.1) is 0 Å². The average molecular weight is 453 g/mol. The first-order chi connectivity index (χ1) is 16.1. The molecular weight excluding hydrogens is 420 g/mol. The number of carboxylic acid groups (broad SMARTS) is 1. The summed E-state index contributed by atoms with van der Waals surface area (Å²) in [4.78, 5) is 27.6. The van der Waals surface area contributed by atoms with Gasteiger partial charge < -0.3 is 25.4 Å². The van der Waals surface area contributed by atoms with Crippen LogP contribution in [0, 0.1) is 0 Å². The molecule has 0 bridgehead atoms. The van der Waals surface area contributed by atoms with Gasteiger partial charge in [0.2, 0.25) is 0 Å². The molecule has 0 spiro atoms. The number of carboxylic acids is 1. The fourth-order valence-electron chi connectivity index (χ4n) is 4.59. The minimum absolute atomic E-state index is 0.0369. The van der Waals surface area contributed by atoms with Crippen LogP contribution in [0.4, 0.5) is 4.79 Å². The third kappa shape index (κ3) is 5.90. The van der Waals surface area contributed by atoms with Crippen molar-refractivity contribution >= 4 is 12.1 Å². The largest absolute Gasteiger partial charge is 0.480 e. The zero-order chi connectivity index (χ0) is 23.0. The Morgan fingerprint density at radius 3 is 1.91 bits per heavy atom. The number of nitrogens with zero attached hydrogens (tertiary/aromatic N) is 2. The molecule has 0 radical (unpaired) electrons. The number of rotatable bonds is 4. The monoisotopic (exact) mass is 452 g/mol. The second kappa shape index (κ2) is 11.3. The lowest BCUT2D eigenvalue weighted by atomic mass is 9.98. The lowest BCUT2D eigenvalue weighted by Crippen LogP contribution is -2.46. The van der Waals surface area contributed by atoms with E-state index in [2.05, 4.69) is 34.9 Å². The molecule has 1 fully saturated rings. The molecule has 3 N–H and O–H groups in total. The van der Waals surface area contributed by atoms with Gasteiger partial charge in [0, 0.05) is 58.3 Å². The van der Waals surface area contributed by atoms with E-state index in [9.17, 15) is 9.59 Å². The lowest BCUT2D eigenvalue weighted by molar-refractivity contribution is -0.138. The number of carbonyl (C=O) groups is 2. The quantitative estimate of drug-likeness (QED) is 0.652. The minimum Gasteiger partial charge on any atom is -0.480 e. The maximum Gasteiger partial charge on any atom is 0.409 e. The molecule has 2 aliphatic rings. The molecule has 1 aliphatic carbocycles. The predicted octanol–water partition coefficient (Wildman–Crippen LogP) is 1.82. The molecule has 1 amide bonds. The van der Waals surface area contributed by atoms with Crippen LogP contribution in [0.1, 0.15) is 17.0 Å². The van der Waals surface area contributed by atoms with Crippen molar-refractivity contribution in [2.75, 3.05) is 65.5 Å². The van der Waals surface area contributed by atoms with Gasteiger partial charge in [0.25, 0.3) is 0 Å². The van der Waals surface area contributed by atoms with Crippen LogP contribution >= 0.6 is 0 Å². The molecule has 0 atom stereocenters. The first-order valence-electron chi connectivity index (χ1n) is 11.6. The van der Waals surface area contributed by atoms with Gasteiger partial charge in [-0.2, -0.15) is 0 Å². The van der Waals surface area contributed by atoms with Crippen LogP contribution in [0.5, 0.6) is 0 Å². The van der Waals surface area contributed by atoms with E-state index in [0.29, 0.717) is 59.0 Å². The van der Waals surface area contributed by atoms with Crippen LogP contribution in [-0.2, 0) is 9.53 Å². The van der Waals surface area contributed by atoms with Crippen molar-refractivity contribution in [3.8, 4) is 11.1 Å². The third-order valence-electron chi connectivity index (χ3n) is 6.28. The number of ether oxygens (including phenoxy) is 1. The number of fused-ring (bicyclic) bond motifs is 3. The summed E-state index contributed by atoms with van der Waals surface area (Å²) in [6.45, 7) is 5.34. The average Bonchev–Trinajstić information content (AvgIpc) is 3.13. The van der Waals surface area contributed by atoms with Gasteiger partial charge in [0.1, 0.15) is 6.61 Å². The fourth-order valence-corrected chi connectivity index (χ4v) is 4.59. The standard InChI is InChI=1S/C25H32N4O4/c30-24(31)17-28-13-9-26-11-15-29(16-12-27-10-14-28)25(32)33-18-23-21-7-3-1-5-19(21)20-6-2-4-8-22(20)23/h1-8,23,26-27H,9-18H2,(H,30,31). The van der Waals surface area contributed by atoms with Crippen molar-refractivity contribution < 1.29 is 19.4 Å². The maximum atomic E-state index is 12.9. The molecule has 8 heteroatoms. The summed E-state index contributed by atoms with van der Waals surface area (Å²) in [6.07, 6.45) is -0.301. The van der Waals surface area contributed by atoms with E-state index in [0.717, 1.165) is 0 Å². The van der Waals surface area contributed by atoms with Crippen molar-refractivity contribution in [3.05, 3.63) is 59.7 Å². The Labute approximate surface area is 194 Å². The van der Waals surface area contributed by atoms with E-state index in [1.807, 2.05) is 29.2 Å². The SMILES string of the molecule is O=C(O)CN1CCNCCN(C(=O)OCC2c3ccccc3-c3ccccc32)CCNCC1. The molecule has 0 unspecified atom stereocenters. The zero-order valence-electron chi connectivity index (χ0n) is 18.8. The molecule has 176 valence electrons. The molecule has 4 rings (SSSR count). The van der Waals surface area contributed by atoms with E-state index in [-0.39, 0.29) is 18.6 Å². The lowest BCUT2D eigenvalue weighted by Gasteiger charge is -2.26. The van der Waals surface area contributed by atoms with E-state index < -0.39 is 5.97 Å². The molecule has 0 saturated carbocycles. The van der Waals surface area contributed by atoms with Crippen LogP contribution in [0.2, 0.25) is 0 Å². The minimum atomic E-state index is -0.816. The van der Waals surface area contributed by atoms with Crippen molar-refractivity contribution in [2.24, 2.45) is 0 Å². The predicted molar refractivity (Wildman–Crippen MR) is 126 cm³/mol. The zero-order valence-corrected chi connectivity index (χ0v) is 18.8. The van der Waals surface area contributed by atoms with E-state index in [1.165, 1.54) is 22.3 Å². The van der Waals surface area contributed by atoms with Gasteiger partial charge in [-0.3, -0.25) is 9.69 Å². The van der Waals surface area contributed by atoms with Crippen LogP contribution in [0.3, 0.4) is 0 Å². The van der Waals surface area contributed by atoms with Gasteiger partial charge >= 0.3 is 12.1 Å². The summed E-state index contributed by atoms with van der Waals surface area (Å²) in [7, 11) is 0. The summed E-state index contributed by atoms with van der Waals surface area (Å²) < 4.78 is 5.82. The normalized spacial score (nSPS) is 18.0. The topological polar surface area (TPSA) is 94.1 Å². The Bertz CT molecular complexity index is 907. The molecule has 33 heavy (non-hydrogen) atoms. The first-order valence-corrected chi connectivity index (χ1v) is 11.6. The highest BCUT2D eigenvalue weighted by molar-refractivity contribution is 5.79. The number of amides is 1. The Hall–Kier alpha value is -2.94. The number of hydrogen-bond donors (Lipinski definition) is 3. The van der Waals surface area contributed by atoms with Crippen molar-refractivity contribution in [2.45, 2.75) is 5.92 Å². The van der Waals surface area contributed by atoms with Crippen LogP contribution < -0.4 is 10.6 Å². The molecule has 1 saturated heterocycles. The van der Waals surface area contributed by atoms with Crippen molar-refractivity contribution in [1.82, 2.24) is 20.4 Å². The molecule has 1 heterocycles. The summed E-state index contributed by atoms with van der Waals surface area (Å²) in [5.41, 5.74) is 4.83. The van der Waals surface area contributed by atoms with Crippen LogP contribution in [0.25, 0.3) is 11.1 Å². The first kappa shape index (κ1) is 23.2. The Morgan fingerprint density at radius 1 is 0.848 bits per heavy atom. The Morgan fingerprint density at radius 2 is 1.36 bits per heavy atom. The maximum absolute atomic E-state index is 12.9.